The molecule has 1 aromatic rings. The zero-order valence-electron chi connectivity index (χ0n) is 11.4. The highest BCUT2D eigenvalue weighted by Gasteiger charge is 2.15. The number of carbonyl (C=O) groups is 2. The molecule has 0 aliphatic heterocycles. The number of aliphatic carboxylic acids is 1. The minimum absolute atomic E-state index is 0.166. The Morgan fingerprint density at radius 1 is 1.30 bits per heavy atom. The van der Waals surface area contributed by atoms with Gasteiger partial charge < -0.3 is 15.7 Å². The minimum Gasteiger partial charge on any atom is -0.480 e. The van der Waals surface area contributed by atoms with E-state index in [1.165, 1.54) is 0 Å². The van der Waals surface area contributed by atoms with Gasteiger partial charge in [0.15, 0.2) is 0 Å². The molecule has 0 fully saturated rings. The number of hydrogen-bond donors (Lipinski definition) is 3. The summed E-state index contributed by atoms with van der Waals surface area (Å²) in [4.78, 5) is 22.6. The summed E-state index contributed by atoms with van der Waals surface area (Å²) in [6.45, 7) is 2.25. The first kappa shape index (κ1) is 16.5. The first-order chi connectivity index (χ1) is 9.52. The lowest BCUT2D eigenvalue weighted by Gasteiger charge is -2.13. The highest BCUT2D eigenvalue weighted by molar-refractivity contribution is 6.30. The molecule has 1 unspecified atom stereocenters. The van der Waals surface area contributed by atoms with Crippen molar-refractivity contribution in [3.63, 3.8) is 0 Å². The van der Waals surface area contributed by atoms with Gasteiger partial charge in [-0.3, -0.25) is 9.59 Å². The zero-order valence-corrected chi connectivity index (χ0v) is 12.1. The van der Waals surface area contributed by atoms with Gasteiger partial charge in [-0.05, 0) is 30.7 Å². The van der Waals surface area contributed by atoms with Crippen LogP contribution >= 0.6 is 11.6 Å². The Kier molecular flexibility index (Phi) is 7.04. The summed E-state index contributed by atoms with van der Waals surface area (Å²) in [6, 6.07) is 6.22. The summed E-state index contributed by atoms with van der Waals surface area (Å²) in [5.74, 6) is -1.05. The molecular weight excluding hydrogens is 280 g/mol. The predicted molar refractivity (Wildman–Crippen MR) is 79.0 cm³/mol. The van der Waals surface area contributed by atoms with Gasteiger partial charge in [0.05, 0.1) is 0 Å². The lowest BCUT2D eigenvalue weighted by molar-refractivity contribution is -0.139. The summed E-state index contributed by atoms with van der Waals surface area (Å²) < 4.78 is 0. The van der Waals surface area contributed by atoms with Gasteiger partial charge in [-0.2, -0.15) is 0 Å². The molecule has 0 saturated carbocycles. The number of anilines is 1. The maximum atomic E-state index is 11.7. The molecule has 1 atom stereocenters. The summed E-state index contributed by atoms with van der Waals surface area (Å²) >= 11 is 5.75. The molecule has 0 aromatic heterocycles. The Balaban J connectivity index is 2.32. The summed E-state index contributed by atoms with van der Waals surface area (Å²) in [7, 11) is 0. The molecule has 6 heteroatoms. The highest BCUT2D eigenvalue weighted by Crippen LogP contribution is 2.13. The smallest absolute Gasteiger partial charge is 0.320 e. The fourth-order valence-corrected chi connectivity index (χ4v) is 1.84. The van der Waals surface area contributed by atoms with Crippen LogP contribution < -0.4 is 10.6 Å². The molecule has 0 radical (unpaired) electrons. The number of amides is 1. The van der Waals surface area contributed by atoms with Gasteiger partial charge in [0.25, 0.3) is 0 Å². The van der Waals surface area contributed by atoms with Crippen LogP contribution in [-0.4, -0.2) is 29.6 Å². The second-order valence-electron chi connectivity index (χ2n) is 4.44. The quantitative estimate of drug-likeness (QED) is 0.689. The van der Waals surface area contributed by atoms with E-state index in [4.69, 9.17) is 16.7 Å². The van der Waals surface area contributed by atoms with Crippen molar-refractivity contribution in [3.8, 4) is 0 Å². The third kappa shape index (κ3) is 6.04. The molecule has 0 saturated heterocycles. The molecular formula is C14H19ClN2O3. The lowest BCUT2D eigenvalue weighted by Crippen LogP contribution is -2.38. The van der Waals surface area contributed by atoms with Crippen molar-refractivity contribution in [2.45, 2.75) is 32.2 Å². The van der Waals surface area contributed by atoms with Gasteiger partial charge in [-0.15, -0.1) is 0 Å². The van der Waals surface area contributed by atoms with Crippen LogP contribution in [0.4, 0.5) is 5.69 Å². The lowest BCUT2D eigenvalue weighted by atomic mass is 10.1. The third-order valence-corrected chi connectivity index (χ3v) is 3.00. The molecule has 3 N–H and O–H groups in total. The third-order valence-electron chi connectivity index (χ3n) is 2.75. The molecule has 0 heterocycles. The molecule has 1 aromatic carbocycles. The van der Waals surface area contributed by atoms with E-state index in [0.29, 0.717) is 23.7 Å². The van der Waals surface area contributed by atoms with Gasteiger partial charge in [-0.25, -0.2) is 0 Å². The Labute approximate surface area is 123 Å². The number of hydrogen-bond acceptors (Lipinski definition) is 3. The number of carboxylic acids is 1. The standard InChI is InChI=1S/C14H19ClN2O3/c1-2-3-12(14(19)20)16-9-8-13(18)17-11-6-4-10(15)5-7-11/h4-7,12,16H,2-3,8-9H2,1H3,(H,17,18)(H,19,20). The summed E-state index contributed by atoms with van der Waals surface area (Å²) in [5.41, 5.74) is 0.669. The van der Waals surface area contributed by atoms with Crippen LogP contribution in [0.25, 0.3) is 0 Å². The number of halogens is 1. The number of benzene rings is 1. The molecule has 1 rings (SSSR count). The second-order valence-corrected chi connectivity index (χ2v) is 4.88. The van der Waals surface area contributed by atoms with Crippen LogP contribution in [0.1, 0.15) is 26.2 Å². The molecule has 1 amide bonds. The normalized spacial score (nSPS) is 11.9. The summed E-state index contributed by atoms with van der Waals surface area (Å²) in [5, 5.41) is 15.1. The van der Waals surface area contributed by atoms with Gasteiger partial charge in [0.1, 0.15) is 6.04 Å². The van der Waals surface area contributed by atoms with Crippen molar-refractivity contribution in [1.82, 2.24) is 5.32 Å². The number of carbonyl (C=O) groups excluding carboxylic acids is 1. The van der Waals surface area contributed by atoms with Gasteiger partial charge in [-0.1, -0.05) is 24.9 Å². The molecule has 110 valence electrons. The topological polar surface area (TPSA) is 78.4 Å². The van der Waals surface area contributed by atoms with E-state index in [9.17, 15) is 9.59 Å². The van der Waals surface area contributed by atoms with Gasteiger partial charge in [0, 0.05) is 23.7 Å². The van der Waals surface area contributed by atoms with Crippen LogP contribution in [0, 0.1) is 0 Å². The Morgan fingerprint density at radius 3 is 2.50 bits per heavy atom. The van der Waals surface area contributed by atoms with E-state index in [2.05, 4.69) is 10.6 Å². The molecule has 0 spiro atoms. The van der Waals surface area contributed by atoms with E-state index in [1.54, 1.807) is 24.3 Å². The number of rotatable bonds is 8. The van der Waals surface area contributed by atoms with Crippen molar-refractivity contribution >= 4 is 29.2 Å². The first-order valence-corrected chi connectivity index (χ1v) is 6.92. The predicted octanol–water partition coefficient (Wildman–Crippen LogP) is 2.51. The average Bonchev–Trinajstić information content (AvgIpc) is 2.40. The zero-order chi connectivity index (χ0) is 15.0. The van der Waals surface area contributed by atoms with E-state index in [-0.39, 0.29) is 12.3 Å². The maximum absolute atomic E-state index is 11.7. The van der Waals surface area contributed by atoms with E-state index < -0.39 is 12.0 Å². The van der Waals surface area contributed by atoms with E-state index in [1.807, 2.05) is 6.92 Å². The second kappa shape index (κ2) is 8.55. The average molecular weight is 299 g/mol. The largest absolute Gasteiger partial charge is 0.480 e. The van der Waals surface area contributed by atoms with Crippen molar-refractivity contribution in [1.29, 1.82) is 0 Å². The Morgan fingerprint density at radius 2 is 1.95 bits per heavy atom. The SMILES string of the molecule is CCCC(NCCC(=O)Nc1ccc(Cl)cc1)C(=O)O. The molecule has 0 bridgehead atoms. The fraction of sp³-hybridized carbons (Fsp3) is 0.429. The first-order valence-electron chi connectivity index (χ1n) is 6.54. The van der Waals surface area contributed by atoms with E-state index >= 15 is 0 Å². The molecule has 0 aliphatic carbocycles. The van der Waals surface area contributed by atoms with Crippen LogP contribution in [0.2, 0.25) is 5.02 Å². The van der Waals surface area contributed by atoms with Crippen LogP contribution in [0.3, 0.4) is 0 Å². The van der Waals surface area contributed by atoms with Gasteiger partial charge in [0.2, 0.25) is 5.91 Å². The molecule has 20 heavy (non-hydrogen) atoms. The monoisotopic (exact) mass is 298 g/mol. The molecule has 0 aliphatic rings. The van der Waals surface area contributed by atoms with Crippen LogP contribution in [0.15, 0.2) is 24.3 Å². The number of carboxylic acid groups (broad SMARTS) is 1. The van der Waals surface area contributed by atoms with E-state index in [0.717, 1.165) is 6.42 Å². The Hall–Kier alpha value is -1.59. The van der Waals surface area contributed by atoms with Crippen molar-refractivity contribution in [2.75, 3.05) is 11.9 Å². The van der Waals surface area contributed by atoms with Crippen LogP contribution in [-0.2, 0) is 9.59 Å². The highest BCUT2D eigenvalue weighted by atomic mass is 35.5. The minimum atomic E-state index is -0.884. The Bertz CT molecular complexity index is 448. The maximum Gasteiger partial charge on any atom is 0.320 e. The van der Waals surface area contributed by atoms with Gasteiger partial charge >= 0.3 is 5.97 Å². The molecule has 5 nitrogen and oxygen atoms in total. The summed E-state index contributed by atoms with van der Waals surface area (Å²) in [6.07, 6.45) is 1.55. The van der Waals surface area contributed by atoms with Crippen molar-refractivity contribution < 1.29 is 14.7 Å². The number of nitrogens with one attached hydrogen (secondary N) is 2. The van der Waals surface area contributed by atoms with Crippen molar-refractivity contribution in [3.05, 3.63) is 29.3 Å². The van der Waals surface area contributed by atoms with Crippen LogP contribution in [0.5, 0.6) is 0 Å². The fourth-order valence-electron chi connectivity index (χ4n) is 1.72. The van der Waals surface area contributed by atoms with Crippen molar-refractivity contribution in [2.24, 2.45) is 0 Å².